The number of hydrogen-bond acceptors (Lipinski definition) is 6. The maximum absolute atomic E-state index is 11.9. The molecule has 0 unspecified atom stereocenters. The van der Waals surface area contributed by atoms with Crippen molar-refractivity contribution in [3.63, 3.8) is 0 Å². The molecule has 0 aliphatic rings. The second-order valence-electron chi connectivity index (χ2n) is 4.26. The number of aromatic nitrogens is 3. The van der Waals surface area contributed by atoms with Crippen LogP contribution >= 0.6 is 22.7 Å². The SMILES string of the molecule is O=C(O)Cc1csc(NC(=O)Cc2cn3ccsc3n2)n1. The summed E-state index contributed by atoms with van der Waals surface area (Å²) in [6.07, 6.45) is 3.70. The van der Waals surface area contributed by atoms with Gasteiger partial charge >= 0.3 is 5.97 Å². The number of anilines is 1. The minimum atomic E-state index is -0.948. The normalized spacial score (nSPS) is 10.9. The van der Waals surface area contributed by atoms with Gasteiger partial charge in [0, 0.05) is 23.2 Å². The van der Waals surface area contributed by atoms with Gasteiger partial charge in [-0.25, -0.2) is 9.97 Å². The lowest BCUT2D eigenvalue weighted by molar-refractivity contribution is -0.136. The van der Waals surface area contributed by atoms with Gasteiger partial charge in [-0.05, 0) is 0 Å². The fraction of sp³-hybridized carbons (Fsp3) is 0.167. The summed E-state index contributed by atoms with van der Waals surface area (Å²) in [7, 11) is 0. The summed E-state index contributed by atoms with van der Waals surface area (Å²) in [5.74, 6) is -1.17. The van der Waals surface area contributed by atoms with Crippen molar-refractivity contribution in [3.8, 4) is 0 Å². The number of aliphatic carboxylic acids is 1. The van der Waals surface area contributed by atoms with Crippen LogP contribution in [0.4, 0.5) is 5.13 Å². The molecule has 0 bridgehead atoms. The smallest absolute Gasteiger partial charge is 0.309 e. The molecule has 3 rings (SSSR count). The standard InChI is InChI=1S/C12H10N4O3S2/c17-9(3-7-5-16-1-2-20-12(16)14-7)15-11-13-8(6-21-11)4-10(18)19/h1-2,5-6H,3-4H2,(H,18,19)(H,13,15,17). The number of fused-ring (bicyclic) bond motifs is 1. The quantitative estimate of drug-likeness (QED) is 0.744. The Morgan fingerprint density at radius 1 is 1.24 bits per heavy atom. The van der Waals surface area contributed by atoms with Gasteiger partial charge in [0.05, 0.1) is 24.2 Å². The third-order valence-corrected chi connectivity index (χ3v) is 4.19. The lowest BCUT2D eigenvalue weighted by Crippen LogP contribution is -2.14. The summed E-state index contributed by atoms with van der Waals surface area (Å²) in [5.41, 5.74) is 1.12. The number of carboxylic acid groups (broad SMARTS) is 1. The van der Waals surface area contributed by atoms with Crippen molar-refractivity contribution in [2.45, 2.75) is 12.8 Å². The van der Waals surface area contributed by atoms with E-state index in [1.807, 2.05) is 22.2 Å². The van der Waals surface area contributed by atoms with Gasteiger partial charge in [0.25, 0.3) is 0 Å². The number of carbonyl (C=O) groups is 2. The summed E-state index contributed by atoms with van der Waals surface area (Å²) in [6, 6.07) is 0. The summed E-state index contributed by atoms with van der Waals surface area (Å²) in [6.45, 7) is 0. The van der Waals surface area contributed by atoms with Crippen LogP contribution in [0, 0.1) is 0 Å². The van der Waals surface area contributed by atoms with Crippen LogP contribution in [0.15, 0.2) is 23.2 Å². The van der Waals surface area contributed by atoms with Crippen molar-refractivity contribution >= 4 is 44.6 Å². The van der Waals surface area contributed by atoms with Crippen LogP contribution < -0.4 is 5.32 Å². The van der Waals surface area contributed by atoms with Gasteiger partial charge in [0.15, 0.2) is 10.1 Å². The van der Waals surface area contributed by atoms with Crippen LogP contribution in [0.5, 0.6) is 0 Å². The van der Waals surface area contributed by atoms with Crippen molar-refractivity contribution in [2.75, 3.05) is 5.32 Å². The zero-order chi connectivity index (χ0) is 14.8. The molecular formula is C12H10N4O3S2. The van der Waals surface area contributed by atoms with Gasteiger partial charge < -0.3 is 10.4 Å². The van der Waals surface area contributed by atoms with Crippen molar-refractivity contribution in [3.05, 3.63) is 34.5 Å². The number of amides is 1. The molecule has 0 saturated heterocycles. The van der Waals surface area contributed by atoms with Gasteiger partial charge in [-0.2, -0.15) is 0 Å². The van der Waals surface area contributed by atoms with Gasteiger partial charge in [-0.15, -0.1) is 22.7 Å². The number of nitrogens with zero attached hydrogens (tertiary/aromatic N) is 3. The summed E-state index contributed by atoms with van der Waals surface area (Å²) in [4.78, 5) is 31.7. The molecule has 0 aliphatic carbocycles. The first kappa shape index (κ1) is 13.7. The number of rotatable bonds is 5. The Bertz CT molecular complexity index is 776. The molecule has 9 heteroatoms. The fourth-order valence-corrected chi connectivity index (χ4v) is 3.24. The van der Waals surface area contributed by atoms with Crippen LogP contribution in [-0.4, -0.2) is 31.4 Å². The number of carbonyl (C=O) groups excluding carboxylic acids is 1. The first-order chi connectivity index (χ1) is 10.1. The third-order valence-electron chi connectivity index (χ3n) is 2.62. The summed E-state index contributed by atoms with van der Waals surface area (Å²) >= 11 is 2.71. The van der Waals surface area contributed by atoms with E-state index in [1.165, 1.54) is 22.7 Å². The minimum Gasteiger partial charge on any atom is -0.481 e. The highest BCUT2D eigenvalue weighted by Crippen LogP contribution is 2.17. The molecule has 7 nitrogen and oxygen atoms in total. The van der Waals surface area contributed by atoms with Gasteiger partial charge in [0.2, 0.25) is 5.91 Å². The van der Waals surface area contributed by atoms with E-state index >= 15 is 0 Å². The monoisotopic (exact) mass is 322 g/mol. The Morgan fingerprint density at radius 2 is 2.10 bits per heavy atom. The minimum absolute atomic E-state index is 0.149. The van der Waals surface area contributed by atoms with Crippen molar-refractivity contribution < 1.29 is 14.7 Å². The van der Waals surface area contributed by atoms with Crippen LogP contribution in [0.2, 0.25) is 0 Å². The lowest BCUT2D eigenvalue weighted by Gasteiger charge is -1.98. The van der Waals surface area contributed by atoms with E-state index in [9.17, 15) is 9.59 Å². The van der Waals surface area contributed by atoms with E-state index in [4.69, 9.17) is 5.11 Å². The number of nitrogens with one attached hydrogen (secondary N) is 1. The number of carboxylic acids is 1. The van der Waals surface area contributed by atoms with E-state index < -0.39 is 5.97 Å². The number of imidazole rings is 1. The van der Waals surface area contributed by atoms with Crippen molar-refractivity contribution in [1.29, 1.82) is 0 Å². The number of hydrogen-bond donors (Lipinski definition) is 2. The zero-order valence-corrected chi connectivity index (χ0v) is 12.3. The predicted octanol–water partition coefficient (Wildman–Crippen LogP) is 1.66. The van der Waals surface area contributed by atoms with Gasteiger partial charge in [0.1, 0.15) is 0 Å². The molecule has 3 heterocycles. The van der Waals surface area contributed by atoms with E-state index in [0.29, 0.717) is 16.5 Å². The van der Waals surface area contributed by atoms with Gasteiger partial charge in [-0.3, -0.25) is 14.0 Å². The summed E-state index contributed by atoms with van der Waals surface area (Å²) < 4.78 is 1.86. The third kappa shape index (κ3) is 3.26. The molecule has 0 fully saturated rings. The molecule has 0 saturated carbocycles. The molecule has 2 N–H and O–H groups in total. The first-order valence-electron chi connectivity index (χ1n) is 5.97. The highest BCUT2D eigenvalue weighted by molar-refractivity contribution is 7.15. The maximum Gasteiger partial charge on any atom is 0.309 e. The van der Waals surface area contributed by atoms with Crippen LogP contribution in [0.25, 0.3) is 4.96 Å². The summed E-state index contributed by atoms with van der Waals surface area (Å²) in [5, 5.41) is 15.3. The van der Waals surface area contributed by atoms with Crippen molar-refractivity contribution in [1.82, 2.24) is 14.4 Å². The van der Waals surface area contributed by atoms with E-state index in [0.717, 1.165) is 4.96 Å². The molecule has 0 spiro atoms. The van der Waals surface area contributed by atoms with E-state index in [-0.39, 0.29) is 18.7 Å². The largest absolute Gasteiger partial charge is 0.481 e. The lowest BCUT2D eigenvalue weighted by atomic mass is 10.3. The Kier molecular flexibility index (Phi) is 3.67. The molecular weight excluding hydrogens is 312 g/mol. The Labute approximate surface area is 126 Å². The Hall–Kier alpha value is -2.26. The second-order valence-corrected chi connectivity index (χ2v) is 6.00. The molecule has 0 atom stereocenters. The zero-order valence-electron chi connectivity index (χ0n) is 10.6. The highest BCUT2D eigenvalue weighted by Gasteiger charge is 2.11. The average Bonchev–Trinajstić information content (AvgIpc) is 3.04. The molecule has 0 aliphatic heterocycles. The maximum atomic E-state index is 11.9. The first-order valence-corrected chi connectivity index (χ1v) is 7.73. The molecule has 3 aromatic rings. The van der Waals surface area contributed by atoms with Gasteiger partial charge in [-0.1, -0.05) is 0 Å². The Morgan fingerprint density at radius 3 is 2.86 bits per heavy atom. The topological polar surface area (TPSA) is 96.6 Å². The van der Waals surface area contributed by atoms with Crippen LogP contribution in [0.3, 0.4) is 0 Å². The Balaban J connectivity index is 1.62. The molecule has 1 amide bonds. The molecule has 108 valence electrons. The molecule has 0 radical (unpaired) electrons. The van der Waals surface area contributed by atoms with E-state index in [2.05, 4.69) is 15.3 Å². The van der Waals surface area contributed by atoms with Crippen LogP contribution in [-0.2, 0) is 22.4 Å². The molecule has 3 aromatic heterocycles. The highest BCUT2D eigenvalue weighted by atomic mass is 32.1. The van der Waals surface area contributed by atoms with Crippen molar-refractivity contribution in [2.24, 2.45) is 0 Å². The van der Waals surface area contributed by atoms with Crippen LogP contribution in [0.1, 0.15) is 11.4 Å². The predicted molar refractivity (Wildman–Crippen MR) is 78.9 cm³/mol. The second kappa shape index (κ2) is 5.62. The molecule has 0 aromatic carbocycles. The van der Waals surface area contributed by atoms with E-state index in [1.54, 1.807) is 5.38 Å². The molecule has 21 heavy (non-hydrogen) atoms. The average molecular weight is 322 g/mol. The fourth-order valence-electron chi connectivity index (χ4n) is 1.79. The number of thiazole rings is 2.